The molecule has 1 N–H and O–H groups in total. The van der Waals surface area contributed by atoms with Crippen molar-refractivity contribution < 1.29 is 17.9 Å². The van der Waals surface area contributed by atoms with Crippen molar-refractivity contribution in [3.8, 4) is 5.75 Å². The van der Waals surface area contributed by atoms with Crippen molar-refractivity contribution in [2.45, 2.75) is 31.2 Å². The van der Waals surface area contributed by atoms with Gasteiger partial charge < -0.3 is 10.1 Å². The minimum absolute atomic E-state index is 0.109. The molecule has 0 atom stereocenters. The molecule has 146 valence electrons. The maximum Gasteiger partial charge on any atom is 0.258 e. The molecule has 1 amide bonds. The Morgan fingerprint density at radius 2 is 1.81 bits per heavy atom. The van der Waals surface area contributed by atoms with Crippen molar-refractivity contribution in [3.63, 3.8) is 0 Å². The first kappa shape index (κ1) is 20.9. The van der Waals surface area contributed by atoms with Gasteiger partial charge in [0.2, 0.25) is 10.0 Å². The molecule has 27 heavy (non-hydrogen) atoms. The number of nitrogens with one attached hydrogen (secondary N) is 1. The molecule has 2 aromatic rings. The molecule has 2 aromatic carbocycles. The first-order valence-electron chi connectivity index (χ1n) is 8.71. The topological polar surface area (TPSA) is 75.7 Å². The summed E-state index contributed by atoms with van der Waals surface area (Å²) in [5.74, 6) is 0.687. The van der Waals surface area contributed by atoms with Crippen molar-refractivity contribution in [3.05, 3.63) is 59.7 Å². The Bertz CT molecular complexity index is 892. The minimum atomic E-state index is -3.57. The largest absolute Gasteiger partial charge is 0.484 e. The fourth-order valence-corrected chi connectivity index (χ4v) is 3.57. The molecule has 0 radical (unpaired) electrons. The second kappa shape index (κ2) is 9.01. The lowest BCUT2D eigenvalue weighted by Crippen LogP contribution is -2.30. The van der Waals surface area contributed by atoms with E-state index in [2.05, 4.69) is 19.2 Å². The first-order chi connectivity index (χ1) is 12.7. The molecule has 0 unspecified atom stereocenters. The average Bonchev–Trinajstić information content (AvgIpc) is 2.65. The molecule has 0 heterocycles. The highest BCUT2D eigenvalue weighted by Gasteiger charge is 2.20. The predicted molar refractivity (Wildman–Crippen MR) is 105 cm³/mol. The lowest BCUT2D eigenvalue weighted by molar-refractivity contribution is -0.123. The third-order valence-electron chi connectivity index (χ3n) is 4.10. The fraction of sp³-hybridized carbons (Fsp3) is 0.350. The minimum Gasteiger partial charge on any atom is -0.484 e. The summed E-state index contributed by atoms with van der Waals surface area (Å²) in [6.07, 6.45) is 0. The maximum absolute atomic E-state index is 12.4. The Hall–Kier alpha value is -2.38. The number of benzene rings is 2. The number of carbonyl (C=O) groups is 1. The smallest absolute Gasteiger partial charge is 0.258 e. The number of carbonyl (C=O) groups excluding carboxylic acids is 1. The van der Waals surface area contributed by atoms with Gasteiger partial charge in [-0.15, -0.1) is 0 Å². The van der Waals surface area contributed by atoms with Gasteiger partial charge in [0, 0.05) is 20.6 Å². The number of rotatable bonds is 8. The van der Waals surface area contributed by atoms with E-state index in [1.165, 1.54) is 20.2 Å². The fourth-order valence-electron chi connectivity index (χ4n) is 2.46. The summed E-state index contributed by atoms with van der Waals surface area (Å²) in [5.41, 5.74) is 1.66. The third kappa shape index (κ3) is 5.55. The van der Waals surface area contributed by atoms with Gasteiger partial charge in [-0.3, -0.25) is 4.79 Å². The van der Waals surface area contributed by atoms with Crippen LogP contribution < -0.4 is 10.1 Å². The molecular formula is C20H26N2O4S. The van der Waals surface area contributed by atoms with Crippen LogP contribution in [-0.2, 0) is 21.4 Å². The van der Waals surface area contributed by atoms with E-state index < -0.39 is 10.0 Å². The molecule has 0 aliphatic carbocycles. The number of amides is 1. The van der Waals surface area contributed by atoms with Gasteiger partial charge in [0.05, 0.1) is 4.90 Å². The number of hydrogen-bond donors (Lipinski definition) is 1. The van der Waals surface area contributed by atoms with Crippen molar-refractivity contribution >= 4 is 15.9 Å². The summed E-state index contributed by atoms with van der Waals surface area (Å²) in [6.45, 7) is 4.15. The van der Waals surface area contributed by atoms with E-state index in [4.69, 9.17) is 4.74 Å². The van der Waals surface area contributed by atoms with E-state index in [0.29, 0.717) is 17.2 Å². The van der Waals surface area contributed by atoms with Crippen LogP contribution in [-0.4, -0.2) is 39.3 Å². The van der Waals surface area contributed by atoms with Crippen LogP contribution in [0.5, 0.6) is 5.75 Å². The summed E-state index contributed by atoms with van der Waals surface area (Å²) in [5, 5.41) is 2.71. The van der Waals surface area contributed by atoms with Gasteiger partial charge in [-0.1, -0.05) is 44.2 Å². The van der Waals surface area contributed by atoms with Crippen LogP contribution in [0.4, 0.5) is 0 Å². The van der Waals surface area contributed by atoms with Gasteiger partial charge in [-0.05, 0) is 35.2 Å². The molecule has 0 bridgehead atoms. The Morgan fingerprint density at radius 1 is 1.11 bits per heavy atom. The molecule has 0 spiro atoms. The van der Waals surface area contributed by atoms with E-state index in [1.54, 1.807) is 24.3 Å². The van der Waals surface area contributed by atoms with Crippen molar-refractivity contribution in [1.29, 1.82) is 0 Å². The average molecular weight is 391 g/mol. The second-order valence-electron chi connectivity index (χ2n) is 6.69. The molecular weight excluding hydrogens is 364 g/mol. The number of hydrogen-bond acceptors (Lipinski definition) is 4. The zero-order valence-corrected chi connectivity index (χ0v) is 16.9. The molecule has 0 aromatic heterocycles. The van der Waals surface area contributed by atoms with Gasteiger partial charge in [0.1, 0.15) is 5.75 Å². The van der Waals surface area contributed by atoms with E-state index >= 15 is 0 Å². The Labute approximate surface area is 161 Å². The van der Waals surface area contributed by atoms with E-state index in [-0.39, 0.29) is 24.0 Å². The lowest BCUT2D eigenvalue weighted by atomic mass is 10.0. The highest BCUT2D eigenvalue weighted by atomic mass is 32.2. The third-order valence-corrected chi connectivity index (χ3v) is 6.02. The summed E-state index contributed by atoms with van der Waals surface area (Å²) >= 11 is 0. The van der Waals surface area contributed by atoms with Crippen molar-refractivity contribution in [1.82, 2.24) is 9.62 Å². The second-order valence-corrected chi connectivity index (χ2v) is 8.81. The molecule has 7 heteroatoms. The number of sulfonamides is 1. The molecule has 0 aliphatic heterocycles. The van der Waals surface area contributed by atoms with E-state index in [9.17, 15) is 13.2 Å². The quantitative estimate of drug-likeness (QED) is 0.752. The zero-order chi connectivity index (χ0) is 20.0. The molecule has 0 aliphatic rings. The van der Waals surface area contributed by atoms with E-state index in [0.717, 1.165) is 9.87 Å². The Morgan fingerprint density at radius 3 is 2.48 bits per heavy atom. The van der Waals surface area contributed by atoms with Crippen LogP contribution in [0, 0.1) is 0 Å². The van der Waals surface area contributed by atoms with Crippen molar-refractivity contribution in [2.75, 3.05) is 20.7 Å². The summed E-state index contributed by atoms with van der Waals surface area (Å²) in [6, 6.07) is 14.2. The van der Waals surface area contributed by atoms with Gasteiger partial charge >= 0.3 is 0 Å². The van der Waals surface area contributed by atoms with E-state index in [1.807, 2.05) is 18.2 Å². The summed E-state index contributed by atoms with van der Waals surface area (Å²) < 4.78 is 31.5. The number of ether oxygens (including phenoxy) is 1. The lowest BCUT2D eigenvalue weighted by Gasteiger charge is -2.15. The molecule has 6 nitrogen and oxygen atoms in total. The zero-order valence-electron chi connectivity index (χ0n) is 16.1. The highest BCUT2D eigenvalue weighted by Crippen LogP contribution is 2.20. The van der Waals surface area contributed by atoms with Gasteiger partial charge in [-0.25, -0.2) is 12.7 Å². The molecule has 0 saturated carbocycles. The van der Waals surface area contributed by atoms with Gasteiger partial charge in [0.25, 0.3) is 5.91 Å². The highest BCUT2D eigenvalue weighted by molar-refractivity contribution is 7.89. The number of nitrogens with zero attached hydrogens (tertiary/aromatic N) is 1. The Kier molecular flexibility index (Phi) is 6.98. The van der Waals surface area contributed by atoms with Crippen LogP contribution in [0.2, 0.25) is 0 Å². The predicted octanol–water partition coefficient (Wildman–Crippen LogP) is 2.76. The maximum atomic E-state index is 12.4. The first-order valence-corrected chi connectivity index (χ1v) is 10.2. The van der Waals surface area contributed by atoms with Crippen LogP contribution in [0.25, 0.3) is 0 Å². The Balaban J connectivity index is 1.98. The normalized spacial score (nSPS) is 11.6. The van der Waals surface area contributed by atoms with Crippen LogP contribution in [0.3, 0.4) is 0 Å². The summed E-state index contributed by atoms with van der Waals surface area (Å²) in [7, 11) is -0.621. The monoisotopic (exact) mass is 390 g/mol. The molecule has 0 fully saturated rings. The summed E-state index contributed by atoms with van der Waals surface area (Å²) in [4.78, 5) is 12.3. The van der Waals surface area contributed by atoms with Crippen LogP contribution in [0.1, 0.15) is 30.9 Å². The van der Waals surface area contributed by atoms with Crippen molar-refractivity contribution in [2.24, 2.45) is 0 Å². The standard InChI is InChI=1S/C20H26N2O4S/c1-15(2)16-9-7-10-18(12-16)26-14-20(23)21-13-17-8-5-6-11-19(17)27(24,25)22(3)4/h5-12,15H,13-14H2,1-4H3,(H,21,23). The van der Waals surface area contributed by atoms with Gasteiger partial charge in [-0.2, -0.15) is 0 Å². The SMILES string of the molecule is CC(C)c1cccc(OCC(=O)NCc2ccccc2S(=O)(=O)N(C)C)c1. The van der Waals surface area contributed by atoms with Crippen LogP contribution >= 0.6 is 0 Å². The molecule has 0 saturated heterocycles. The molecule has 2 rings (SSSR count). The van der Waals surface area contributed by atoms with Gasteiger partial charge in [0.15, 0.2) is 6.61 Å². The van der Waals surface area contributed by atoms with Crippen LogP contribution in [0.15, 0.2) is 53.4 Å².